The van der Waals surface area contributed by atoms with Gasteiger partial charge in [0.2, 0.25) is 5.91 Å². The van der Waals surface area contributed by atoms with Gasteiger partial charge in [-0.2, -0.15) is 5.26 Å². The van der Waals surface area contributed by atoms with Gasteiger partial charge < -0.3 is 5.32 Å². The van der Waals surface area contributed by atoms with Crippen molar-refractivity contribution in [1.82, 2.24) is 0 Å². The number of carbonyl (C=O) groups excluding carboxylic acids is 3. The predicted octanol–water partition coefficient (Wildman–Crippen LogP) is 4.33. The van der Waals surface area contributed by atoms with E-state index in [0.29, 0.717) is 27.7 Å². The molecule has 0 saturated carbocycles. The highest BCUT2D eigenvalue weighted by atomic mass is 32.1. The van der Waals surface area contributed by atoms with Crippen LogP contribution in [0.2, 0.25) is 0 Å². The summed E-state index contributed by atoms with van der Waals surface area (Å²) < 4.78 is 0. The van der Waals surface area contributed by atoms with E-state index < -0.39 is 17.6 Å². The monoisotopic (exact) mass is 435 g/mol. The minimum atomic E-state index is -0.702. The Labute approximate surface area is 185 Å². The summed E-state index contributed by atoms with van der Waals surface area (Å²) in [7, 11) is 0. The van der Waals surface area contributed by atoms with E-state index >= 15 is 0 Å². The van der Waals surface area contributed by atoms with E-state index in [4.69, 9.17) is 0 Å². The fourth-order valence-electron chi connectivity index (χ4n) is 4.46. The van der Waals surface area contributed by atoms with Crippen molar-refractivity contribution in [2.45, 2.75) is 46.5 Å². The van der Waals surface area contributed by atoms with Crippen LogP contribution in [0.1, 0.15) is 60.0 Å². The molecule has 1 aliphatic carbocycles. The van der Waals surface area contributed by atoms with Gasteiger partial charge in [-0.1, -0.05) is 39.3 Å². The van der Waals surface area contributed by atoms with Gasteiger partial charge in [-0.05, 0) is 48.3 Å². The number of carbonyl (C=O) groups is 3. The third kappa shape index (κ3) is 3.66. The number of nitrogens with one attached hydrogen (secondary N) is 1. The average molecular weight is 436 g/mol. The maximum absolute atomic E-state index is 12.8. The Morgan fingerprint density at radius 1 is 1.32 bits per heavy atom. The van der Waals surface area contributed by atoms with Gasteiger partial charge in [0.25, 0.3) is 11.7 Å². The number of para-hydroxylation sites is 1. The summed E-state index contributed by atoms with van der Waals surface area (Å²) in [6.45, 7) is 6.52. The van der Waals surface area contributed by atoms with Gasteiger partial charge >= 0.3 is 0 Å². The first-order chi connectivity index (χ1) is 14.8. The highest BCUT2D eigenvalue weighted by molar-refractivity contribution is 7.16. The number of Topliss-reactive ketones (excluding diaryl/α,β-unsaturated/α-hetero) is 1. The van der Waals surface area contributed by atoms with Crippen molar-refractivity contribution < 1.29 is 14.4 Å². The lowest BCUT2D eigenvalue weighted by atomic mass is 9.69. The number of amides is 2. The van der Waals surface area contributed by atoms with Crippen molar-refractivity contribution in [3.05, 3.63) is 45.8 Å². The van der Waals surface area contributed by atoms with Gasteiger partial charge in [-0.25, -0.2) is 0 Å². The van der Waals surface area contributed by atoms with Crippen LogP contribution in [0.25, 0.3) is 0 Å². The van der Waals surface area contributed by atoms with Crippen LogP contribution in [-0.2, 0) is 22.4 Å². The molecular formula is C24H25N3O3S. The molecule has 4 rings (SSSR count). The molecule has 7 heteroatoms. The van der Waals surface area contributed by atoms with Crippen LogP contribution >= 0.6 is 11.3 Å². The van der Waals surface area contributed by atoms with Gasteiger partial charge in [0.1, 0.15) is 17.6 Å². The quantitative estimate of drug-likeness (QED) is 0.708. The molecule has 1 aromatic carbocycles. The number of rotatable bonds is 5. The van der Waals surface area contributed by atoms with E-state index in [-0.39, 0.29) is 12.0 Å². The lowest BCUT2D eigenvalue weighted by Crippen LogP contribution is -2.37. The Morgan fingerprint density at radius 2 is 2.06 bits per heavy atom. The number of ketones is 1. The molecule has 2 aromatic rings. The summed E-state index contributed by atoms with van der Waals surface area (Å²) in [5.41, 5.74) is 2.57. The number of thiophene rings is 1. The van der Waals surface area contributed by atoms with E-state index in [0.717, 1.165) is 31.2 Å². The minimum Gasteiger partial charge on any atom is -0.315 e. The maximum atomic E-state index is 12.8. The van der Waals surface area contributed by atoms with Crippen molar-refractivity contribution >= 4 is 39.6 Å². The molecule has 160 valence electrons. The molecule has 6 nitrogen and oxygen atoms in total. The molecule has 2 aliphatic rings. The Kier molecular flexibility index (Phi) is 5.44. The van der Waals surface area contributed by atoms with E-state index in [1.165, 1.54) is 21.1 Å². The normalized spacial score (nSPS) is 17.9. The van der Waals surface area contributed by atoms with Gasteiger partial charge in [0.05, 0.1) is 16.8 Å². The Morgan fingerprint density at radius 3 is 2.77 bits per heavy atom. The first-order valence-electron chi connectivity index (χ1n) is 10.6. The molecule has 2 amide bonds. The number of benzene rings is 1. The molecule has 2 heterocycles. The number of nitrogens with zero attached hydrogens (tertiary/aromatic N) is 2. The van der Waals surface area contributed by atoms with E-state index in [9.17, 15) is 19.6 Å². The lowest BCUT2D eigenvalue weighted by molar-refractivity contribution is -0.118. The number of fused-ring (bicyclic) bond motifs is 2. The largest absolute Gasteiger partial charge is 0.315 e. The lowest BCUT2D eigenvalue weighted by Gasteiger charge is -2.36. The van der Waals surface area contributed by atoms with Crippen LogP contribution in [0.3, 0.4) is 0 Å². The van der Waals surface area contributed by atoms with Gasteiger partial charge in [0, 0.05) is 4.88 Å². The minimum absolute atomic E-state index is 0.230. The highest BCUT2D eigenvalue weighted by Crippen LogP contribution is 2.45. The summed E-state index contributed by atoms with van der Waals surface area (Å²) in [5.74, 6) is -1.17. The van der Waals surface area contributed by atoms with Crippen LogP contribution in [0, 0.1) is 22.7 Å². The van der Waals surface area contributed by atoms with E-state index in [1.807, 2.05) is 0 Å². The van der Waals surface area contributed by atoms with Crippen LogP contribution in [-0.4, -0.2) is 24.1 Å². The molecular weight excluding hydrogens is 410 g/mol. The summed E-state index contributed by atoms with van der Waals surface area (Å²) in [6, 6.07) is 8.92. The molecule has 0 saturated heterocycles. The first-order valence-corrected chi connectivity index (χ1v) is 11.4. The highest BCUT2D eigenvalue weighted by Gasteiger charge is 2.37. The molecule has 0 spiro atoms. The zero-order chi connectivity index (χ0) is 22.3. The van der Waals surface area contributed by atoms with Crippen LogP contribution in [0.15, 0.2) is 24.3 Å². The van der Waals surface area contributed by atoms with Gasteiger partial charge in [0.15, 0.2) is 0 Å². The Balaban J connectivity index is 1.53. The Bertz CT molecular complexity index is 1130. The molecule has 0 radical (unpaired) electrons. The van der Waals surface area contributed by atoms with Crippen molar-refractivity contribution in [1.29, 1.82) is 5.26 Å². The van der Waals surface area contributed by atoms with Crippen LogP contribution < -0.4 is 10.2 Å². The van der Waals surface area contributed by atoms with E-state index in [2.05, 4.69) is 32.2 Å². The fraction of sp³-hybridized carbons (Fsp3) is 0.417. The van der Waals surface area contributed by atoms with Crippen molar-refractivity contribution in [3.63, 3.8) is 0 Å². The molecule has 0 fully saturated rings. The van der Waals surface area contributed by atoms with Crippen molar-refractivity contribution in [2.24, 2.45) is 11.3 Å². The summed E-state index contributed by atoms with van der Waals surface area (Å²) in [5, 5.41) is 13.1. The number of hydrogen-bond acceptors (Lipinski definition) is 5. The topological polar surface area (TPSA) is 90.3 Å². The molecule has 0 unspecified atom stereocenters. The molecule has 1 aromatic heterocycles. The van der Waals surface area contributed by atoms with Crippen LogP contribution in [0.5, 0.6) is 0 Å². The number of anilines is 2. The summed E-state index contributed by atoms with van der Waals surface area (Å²) >= 11 is 1.47. The number of nitriles is 1. The summed E-state index contributed by atoms with van der Waals surface area (Å²) in [6.07, 6.45) is 3.88. The van der Waals surface area contributed by atoms with Gasteiger partial charge in [-0.15, -0.1) is 11.3 Å². The predicted molar refractivity (Wildman–Crippen MR) is 120 cm³/mol. The second-order valence-corrected chi connectivity index (χ2v) is 9.99. The van der Waals surface area contributed by atoms with Crippen molar-refractivity contribution in [2.75, 3.05) is 16.8 Å². The summed E-state index contributed by atoms with van der Waals surface area (Å²) in [4.78, 5) is 39.6. The Hall–Kier alpha value is -2.98. The maximum Gasteiger partial charge on any atom is 0.299 e. The molecule has 1 atom stereocenters. The standard InChI is InChI=1S/C24H25N3O3S/c1-4-24(2,3)14-9-10-15-17(12-25)22(31-19(15)11-14)26-20(28)13-27-18-8-6-5-7-16(18)21(29)23(27)30/h5-8,14H,4,9-11,13H2,1-3H3,(H,26,28)/t14-/m1/s1. The SMILES string of the molecule is CCC(C)(C)[C@@H]1CCc2c(sc(NC(=O)CN3C(=O)C(=O)c4ccccc43)c2C#N)C1. The van der Waals surface area contributed by atoms with Crippen molar-refractivity contribution in [3.8, 4) is 6.07 Å². The second-order valence-electron chi connectivity index (χ2n) is 8.89. The van der Waals surface area contributed by atoms with Gasteiger partial charge in [-0.3, -0.25) is 19.3 Å². The first kappa shape index (κ1) is 21.3. The second kappa shape index (κ2) is 7.93. The zero-order valence-corrected chi connectivity index (χ0v) is 18.8. The average Bonchev–Trinajstić information content (AvgIpc) is 3.23. The molecule has 1 aliphatic heterocycles. The fourth-order valence-corrected chi connectivity index (χ4v) is 5.76. The molecule has 1 N–H and O–H groups in total. The third-order valence-corrected chi connectivity index (χ3v) is 8.00. The number of hydrogen-bond donors (Lipinski definition) is 1. The smallest absolute Gasteiger partial charge is 0.299 e. The van der Waals surface area contributed by atoms with E-state index in [1.54, 1.807) is 24.3 Å². The molecule has 0 bridgehead atoms. The molecule has 31 heavy (non-hydrogen) atoms. The zero-order valence-electron chi connectivity index (χ0n) is 17.9. The third-order valence-electron chi connectivity index (χ3n) is 6.83. The van der Waals surface area contributed by atoms with Crippen LogP contribution in [0.4, 0.5) is 10.7 Å².